The van der Waals surface area contributed by atoms with Crippen molar-refractivity contribution in [2.45, 2.75) is 13.8 Å². The Morgan fingerprint density at radius 2 is 1.94 bits per heavy atom. The summed E-state index contributed by atoms with van der Waals surface area (Å²) in [7, 11) is 0. The normalized spacial score (nSPS) is 11.4. The van der Waals surface area contributed by atoms with Crippen LogP contribution in [0.1, 0.15) is 12.5 Å². The summed E-state index contributed by atoms with van der Waals surface area (Å²) in [5.41, 5.74) is 2.00. The molecule has 0 aromatic heterocycles. The van der Waals surface area contributed by atoms with Crippen molar-refractivity contribution in [1.82, 2.24) is 0 Å². The van der Waals surface area contributed by atoms with E-state index in [1.54, 1.807) is 6.08 Å². The van der Waals surface area contributed by atoms with Gasteiger partial charge in [-0.2, -0.15) is 0 Å². The van der Waals surface area contributed by atoms with Gasteiger partial charge in [-0.15, -0.1) is 0 Å². The number of allylic oxidation sites excluding steroid dienone is 1. The highest BCUT2D eigenvalue weighted by atomic mass is 35.5. The maximum Gasteiger partial charge on any atom is 0.156 e. The molecule has 0 atom stereocenters. The van der Waals surface area contributed by atoms with Crippen LogP contribution in [-0.2, 0) is 0 Å². The van der Waals surface area contributed by atoms with Crippen molar-refractivity contribution in [2.75, 3.05) is 6.61 Å². The third-order valence-electron chi connectivity index (χ3n) is 2.16. The Bertz CT molecular complexity index is 399. The second-order valence-electron chi connectivity index (χ2n) is 3.41. The summed E-state index contributed by atoms with van der Waals surface area (Å²) in [6, 6.07) is 3.65. The van der Waals surface area contributed by atoms with E-state index in [9.17, 15) is 0 Å². The summed E-state index contributed by atoms with van der Waals surface area (Å²) in [5.74, 6) is 0.523. The molecule has 0 N–H and O–H groups in total. The average molecular weight is 257 g/mol. The van der Waals surface area contributed by atoms with E-state index in [2.05, 4.69) is 6.58 Å². The fourth-order valence-corrected chi connectivity index (χ4v) is 1.95. The lowest BCUT2D eigenvalue weighted by Gasteiger charge is -2.11. The molecule has 0 bridgehead atoms. The van der Waals surface area contributed by atoms with Gasteiger partial charge in [-0.25, -0.2) is 0 Å². The smallest absolute Gasteiger partial charge is 0.156 e. The Balaban J connectivity index is 2.86. The molecule has 1 aromatic carbocycles. The van der Waals surface area contributed by atoms with Gasteiger partial charge in [-0.05, 0) is 37.1 Å². The first-order valence-electron chi connectivity index (χ1n) is 4.94. The summed E-state index contributed by atoms with van der Waals surface area (Å²) in [5, 5.41) is 1.06. The Kier molecular flexibility index (Phi) is 4.91. The molecule has 0 saturated carbocycles. The maximum atomic E-state index is 6.05. The summed E-state index contributed by atoms with van der Waals surface area (Å²) in [6.45, 7) is 7.97. The van der Waals surface area contributed by atoms with Gasteiger partial charge < -0.3 is 4.74 Å². The Morgan fingerprint density at radius 3 is 2.38 bits per heavy atom. The highest BCUT2D eigenvalue weighted by Gasteiger charge is 2.08. The van der Waals surface area contributed by atoms with Crippen molar-refractivity contribution < 1.29 is 4.74 Å². The van der Waals surface area contributed by atoms with Gasteiger partial charge in [0, 0.05) is 0 Å². The van der Waals surface area contributed by atoms with E-state index in [-0.39, 0.29) is 0 Å². The van der Waals surface area contributed by atoms with Gasteiger partial charge in [-0.1, -0.05) is 41.9 Å². The van der Waals surface area contributed by atoms with Gasteiger partial charge in [0.15, 0.2) is 5.75 Å². The highest BCUT2D eigenvalue weighted by molar-refractivity contribution is 6.37. The van der Waals surface area contributed by atoms with Crippen molar-refractivity contribution >= 4 is 23.2 Å². The Hall–Kier alpha value is -0.920. The zero-order valence-electron chi connectivity index (χ0n) is 9.39. The van der Waals surface area contributed by atoms with Crippen LogP contribution in [-0.4, -0.2) is 6.61 Å². The minimum absolute atomic E-state index is 0.419. The Morgan fingerprint density at radius 1 is 1.38 bits per heavy atom. The lowest BCUT2D eigenvalue weighted by Crippen LogP contribution is -2.00. The zero-order chi connectivity index (χ0) is 12.1. The fraction of sp³-hybridized carbons (Fsp3) is 0.231. The minimum Gasteiger partial charge on any atom is -0.486 e. The van der Waals surface area contributed by atoms with Gasteiger partial charge in [0.05, 0.1) is 10.0 Å². The monoisotopic (exact) mass is 256 g/mol. The van der Waals surface area contributed by atoms with Crippen molar-refractivity contribution in [3.63, 3.8) is 0 Å². The molecule has 1 nitrogen and oxygen atoms in total. The van der Waals surface area contributed by atoms with Gasteiger partial charge in [0.25, 0.3) is 0 Å². The van der Waals surface area contributed by atoms with Crippen LogP contribution < -0.4 is 4.74 Å². The van der Waals surface area contributed by atoms with Crippen LogP contribution >= 0.6 is 23.2 Å². The lowest BCUT2D eigenvalue weighted by atomic mass is 10.2. The van der Waals surface area contributed by atoms with Gasteiger partial charge in [0.2, 0.25) is 0 Å². The molecule has 0 spiro atoms. The van der Waals surface area contributed by atoms with Crippen LogP contribution in [0.5, 0.6) is 5.75 Å². The van der Waals surface area contributed by atoms with E-state index in [4.69, 9.17) is 27.9 Å². The molecule has 0 saturated heterocycles. The molecular formula is C13H14Cl2O. The first-order valence-corrected chi connectivity index (χ1v) is 5.70. The predicted octanol–water partition coefficient (Wildman–Crippen LogP) is 4.81. The molecule has 0 fully saturated rings. The second-order valence-corrected chi connectivity index (χ2v) is 4.23. The molecule has 1 aromatic rings. The SMILES string of the molecule is C=C/C(=C\C)COc1c(Cl)cc(C)cc1Cl. The first kappa shape index (κ1) is 13.1. The molecule has 1 rings (SSSR count). The maximum absolute atomic E-state index is 6.05. The van der Waals surface area contributed by atoms with Crippen LogP contribution in [0, 0.1) is 6.92 Å². The summed E-state index contributed by atoms with van der Waals surface area (Å²) < 4.78 is 5.56. The van der Waals surface area contributed by atoms with Gasteiger partial charge >= 0.3 is 0 Å². The number of hydrogen-bond donors (Lipinski definition) is 0. The number of benzene rings is 1. The number of rotatable bonds is 4. The molecule has 0 aliphatic heterocycles. The average Bonchev–Trinajstić information content (AvgIpc) is 2.22. The third kappa shape index (κ3) is 3.29. The van der Waals surface area contributed by atoms with Crippen LogP contribution in [0.4, 0.5) is 0 Å². The number of hydrogen-bond acceptors (Lipinski definition) is 1. The molecule has 16 heavy (non-hydrogen) atoms. The molecule has 0 unspecified atom stereocenters. The number of halogens is 2. The standard InChI is InChI=1S/C13H14Cl2O/c1-4-10(5-2)8-16-13-11(14)6-9(3)7-12(13)15/h4-7H,1,8H2,2-3H3/b10-5+. The van der Waals surface area contributed by atoms with Gasteiger partial charge in [0.1, 0.15) is 6.61 Å². The van der Waals surface area contributed by atoms with E-state index in [1.807, 2.05) is 32.1 Å². The summed E-state index contributed by atoms with van der Waals surface area (Å²) in [4.78, 5) is 0. The quantitative estimate of drug-likeness (QED) is 0.703. The zero-order valence-corrected chi connectivity index (χ0v) is 10.9. The third-order valence-corrected chi connectivity index (χ3v) is 2.72. The van der Waals surface area contributed by atoms with E-state index in [0.29, 0.717) is 22.4 Å². The van der Waals surface area contributed by atoms with Crippen molar-refractivity contribution in [1.29, 1.82) is 0 Å². The molecule has 0 radical (unpaired) electrons. The van der Waals surface area contributed by atoms with Gasteiger partial charge in [-0.3, -0.25) is 0 Å². The highest BCUT2D eigenvalue weighted by Crippen LogP contribution is 2.34. The fourth-order valence-electron chi connectivity index (χ4n) is 1.24. The number of ether oxygens (including phenoxy) is 1. The van der Waals surface area contributed by atoms with Crippen LogP contribution in [0.2, 0.25) is 10.0 Å². The van der Waals surface area contributed by atoms with Crippen LogP contribution in [0.3, 0.4) is 0 Å². The minimum atomic E-state index is 0.419. The molecule has 0 heterocycles. The molecule has 0 amide bonds. The first-order chi connectivity index (χ1) is 7.58. The molecule has 3 heteroatoms. The molecule has 0 aliphatic carbocycles. The molecule has 0 aliphatic rings. The topological polar surface area (TPSA) is 9.23 Å². The van der Waals surface area contributed by atoms with E-state index in [1.165, 1.54) is 0 Å². The lowest BCUT2D eigenvalue weighted by molar-refractivity contribution is 0.356. The largest absolute Gasteiger partial charge is 0.486 e. The summed E-state index contributed by atoms with van der Waals surface area (Å²) >= 11 is 12.1. The van der Waals surface area contributed by atoms with Crippen molar-refractivity contribution in [3.8, 4) is 5.75 Å². The molecule has 86 valence electrons. The van der Waals surface area contributed by atoms with Crippen LogP contribution in [0.25, 0.3) is 0 Å². The Labute approximate surface area is 106 Å². The predicted molar refractivity (Wildman–Crippen MR) is 70.6 cm³/mol. The number of aryl methyl sites for hydroxylation is 1. The second kappa shape index (κ2) is 5.97. The van der Waals surface area contributed by atoms with E-state index in [0.717, 1.165) is 11.1 Å². The van der Waals surface area contributed by atoms with E-state index >= 15 is 0 Å². The summed E-state index contributed by atoms with van der Waals surface area (Å²) in [6.07, 6.45) is 3.68. The van der Waals surface area contributed by atoms with Crippen LogP contribution in [0.15, 0.2) is 36.4 Å². The van der Waals surface area contributed by atoms with E-state index < -0.39 is 0 Å². The van der Waals surface area contributed by atoms with Crippen molar-refractivity contribution in [3.05, 3.63) is 52.0 Å². The molecular weight excluding hydrogens is 243 g/mol. The van der Waals surface area contributed by atoms with Crippen molar-refractivity contribution in [2.24, 2.45) is 0 Å².